The topological polar surface area (TPSA) is 61.4 Å². The minimum Gasteiger partial charge on any atom is -0.340 e. The number of carbonyl (C=O) groups is 2. The Morgan fingerprint density at radius 3 is 2.46 bits per heavy atom. The highest BCUT2D eigenvalue weighted by Gasteiger charge is 2.16. The zero-order chi connectivity index (χ0) is 18.9. The number of aryl methyl sites for hydroxylation is 1. The van der Waals surface area contributed by atoms with E-state index in [9.17, 15) is 9.59 Å². The molecule has 2 amide bonds. The maximum atomic E-state index is 12.6. The van der Waals surface area contributed by atoms with Crippen LogP contribution in [0.25, 0.3) is 0 Å². The summed E-state index contributed by atoms with van der Waals surface area (Å²) in [6, 6.07) is 15.1. The van der Waals surface area contributed by atoms with Gasteiger partial charge in [-0.05, 0) is 38.2 Å². The van der Waals surface area contributed by atoms with Crippen LogP contribution in [0.4, 0.5) is 5.69 Å². The number of likely N-dealkylation sites (N-methyl/N-ethyl adjacent to an activating group) is 2. The number of rotatable bonds is 8. The Morgan fingerprint density at radius 2 is 1.77 bits per heavy atom. The number of hydrogen-bond acceptors (Lipinski definition) is 4. The molecule has 26 heavy (non-hydrogen) atoms. The second-order valence-corrected chi connectivity index (χ2v) is 7.05. The first kappa shape index (κ1) is 20.0. The van der Waals surface area contributed by atoms with E-state index in [-0.39, 0.29) is 17.6 Å². The van der Waals surface area contributed by atoms with Gasteiger partial charge in [0.25, 0.3) is 5.91 Å². The monoisotopic (exact) mass is 371 g/mol. The summed E-state index contributed by atoms with van der Waals surface area (Å²) in [7, 11) is 3.64. The molecule has 0 spiro atoms. The van der Waals surface area contributed by atoms with Gasteiger partial charge >= 0.3 is 0 Å². The molecular weight excluding hydrogens is 346 g/mol. The van der Waals surface area contributed by atoms with Gasteiger partial charge in [0, 0.05) is 30.7 Å². The molecular formula is C20H25N3O2S. The van der Waals surface area contributed by atoms with Crippen LogP contribution >= 0.6 is 11.8 Å². The van der Waals surface area contributed by atoms with Crippen LogP contribution in [-0.2, 0) is 4.79 Å². The number of carbonyl (C=O) groups excluding carboxylic acids is 2. The number of thioether (sulfide) groups is 1. The molecule has 0 bridgehead atoms. The Bertz CT molecular complexity index is 747. The van der Waals surface area contributed by atoms with Crippen LogP contribution in [0.15, 0.2) is 53.4 Å². The number of hydrogen-bond donors (Lipinski definition) is 2. The first-order chi connectivity index (χ1) is 12.5. The Morgan fingerprint density at radius 1 is 1.08 bits per heavy atom. The fourth-order valence-corrected chi connectivity index (χ4v) is 3.18. The third-order valence-corrected chi connectivity index (χ3v) is 4.93. The van der Waals surface area contributed by atoms with E-state index in [0.717, 1.165) is 22.7 Å². The first-order valence-corrected chi connectivity index (χ1v) is 9.48. The third-order valence-electron chi connectivity index (χ3n) is 3.86. The van der Waals surface area contributed by atoms with Gasteiger partial charge in [-0.15, -0.1) is 11.8 Å². The van der Waals surface area contributed by atoms with Crippen molar-refractivity contribution in [2.24, 2.45) is 0 Å². The summed E-state index contributed by atoms with van der Waals surface area (Å²) < 4.78 is 0. The molecule has 2 rings (SSSR count). The van der Waals surface area contributed by atoms with Gasteiger partial charge < -0.3 is 15.5 Å². The van der Waals surface area contributed by atoms with Crippen molar-refractivity contribution in [1.29, 1.82) is 0 Å². The summed E-state index contributed by atoms with van der Waals surface area (Å²) in [5.74, 6) is 0.116. The molecule has 5 nitrogen and oxygen atoms in total. The highest BCUT2D eigenvalue weighted by atomic mass is 32.2. The maximum absolute atomic E-state index is 12.6. The van der Waals surface area contributed by atoms with Crippen molar-refractivity contribution in [2.75, 3.05) is 38.3 Å². The smallest absolute Gasteiger partial charge is 0.254 e. The molecule has 2 aromatic carbocycles. The molecule has 0 atom stereocenters. The van der Waals surface area contributed by atoms with Crippen LogP contribution < -0.4 is 10.6 Å². The lowest BCUT2D eigenvalue weighted by Crippen LogP contribution is -2.33. The van der Waals surface area contributed by atoms with E-state index in [4.69, 9.17) is 0 Å². The number of anilines is 1. The zero-order valence-electron chi connectivity index (χ0n) is 15.4. The van der Waals surface area contributed by atoms with Crippen molar-refractivity contribution in [3.05, 3.63) is 59.7 Å². The first-order valence-electron chi connectivity index (χ1n) is 8.49. The Hall–Kier alpha value is -2.31. The van der Waals surface area contributed by atoms with Gasteiger partial charge in [0.1, 0.15) is 0 Å². The lowest BCUT2D eigenvalue weighted by Gasteiger charge is -2.18. The Balaban J connectivity index is 1.97. The van der Waals surface area contributed by atoms with Crippen molar-refractivity contribution in [1.82, 2.24) is 10.2 Å². The lowest BCUT2D eigenvalue weighted by atomic mass is 10.2. The van der Waals surface area contributed by atoms with Gasteiger partial charge in [0.2, 0.25) is 5.91 Å². The predicted molar refractivity (Wildman–Crippen MR) is 108 cm³/mol. The summed E-state index contributed by atoms with van der Waals surface area (Å²) in [6.45, 7) is 3.36. The molecule has 138 valence electrons. The minimum atomic E-state index is -0.0929. The highest BCUT2D eigenvalue weighted by molar-refractivity contribution is 8.00. The van der Waals surface area contributed by atoms with E-state index in [0.29, 0.717) is 12.1 Å². The molecule has 2 N–H and O–H groups in total. The molecule has 0 aliphatic carbocycles. The molecule has 0 unspecified atom stereocenters. The fourth-order valence-electron chi connectivity index (χ4n) is 2.33. The van der Waals surface area contributed by atoms with Gasteiger partial charge in [-0.25, -0.2) is 0 Å². The van der Waals surface area contributed by atoms with Crippen molar-refractivity contribution in [3.63, 3.8) is 0 Å². The molecule has 0 fully saturated rings. The van der Waals surface area contributed by atoms with Crippen molar-refractivity contribution in [3.8, 4) is 0 Å². The molecule has 0 aliphatic rings. The fraction of sp³-hybridized carbons (Fsp3) is 0.300. The molecule has 6 heteroatoms. The second-order valence-electron chi connectivity index (χ2n) is 6.03. The SMILES string of the molecule is CNCCN(C)C(=O)c1ccccc1SCC(=O)Nc1ccc(C)cc1. The average Bonchev–Trinajstić information content (AvgIpc) is 2.66. The average molecular weight is 372 g/mol. The summed E-state index contributed by atoms with van der Waals surface area (Å²) in [4.78, 5) is 27.3. The van der Waals surface area contributed by atoms with Crippen molar-refractivity contribution < 1.29 is 9.59 Å². The van der Waals surface area contributed by atoms with Crippen molar-refractivity contribution >= 4 is 29.3 Å². The summed E-state index contributed by atoms with van der Waals surface area (Å²) in [6.07, 6.45) is 0. The summed E-state index contributed by atoms with van der Waals surface area (Å²) in [5, 5.41) is 5.91. The van der Waals surface area contributed by atoms with Crippen LogP contribution in [0.2, 0.25) is 0 Å². The predicted octanol–water partition coefficient (Wildman–Crippen LogP) is 3.02. The lowest BCUT2D eigenvalue weighted by molar-refractivity contribution is -0.113. The quantitative estimate of drug-likeness (QED) is 0.700. The van der Waals surface area contributed by atoms with Crippen LogP contribution in [-0.4, -0.2) is 49.7 Å². The molecule has 0 aliphatic heterocycles. The highest BCUT2D eigenvalue weighted by Crippen LogP contribution is 2.24. The maximum Gasteiger partial charge on any atom is 0.254 e. The van der Waals surface area contributed by atoms with Gasteiger partial charge in [-0.1, -0.05) is 29.8 Å². The van der Waals surface area contributed by atoms with Crippen LogP contribution in [0.3, 0.4) is 0 Å². The summed E-state index contributed by atoms with van der Waals surface area (Å²) >= 11 is 1.37. The van der Waals surface area contributed by atoms with E-state index in [1.807, 2.05) is 56.4 Å². The normalized spacial score (nSPS) is 10.4. The van der Waals surface area contributed by atoms with E-state index in [2.05, 4.69) is 10.6 Å². The van der Waals surface area contributed by atoms with E-state index < -0.39 is 0 Å². The van der Waals surface area contributed by atoms with E-state index in [1.165, 1.54) is 11.8 Å². The largest absolute Gasteiger partial charge is 0.340 e. The van der Waals surface area contributed by atoms with Gasteiger partial charge in [-0.3, -0.25) is 9.59 Å². The van der Waals surface area contributed by atoms with Crippen LogP contribution in [0.5, 0.6) is 0 Å². The minimum absolute atomic E-state index is 0.0395. The third kappa shape index (κ3) is 5.89. The van der Waals surface area contributed by atoms with Crippen molar-refractivity contribution in [2.45, 2.75) is 11.8 Å². The number of amides is 2. The molecule has 0 heterocycles. The molecule has 0 saturated heterocycles. The van der Waals surface area contributed by atoms with Gasteiger partial charge in [-0.2, -0.15) is 0 Å². The van der Waals surface area contributed by atoms with E-state index in [1.54, 1.807) is 18.0 Å². The van der Waals surface area contributed by atoms with Gasteiger partial charge in [0.05, 0.1) is 11.3 Å². The zero-order valence-corrected chi connectivity index (χ0v) is 16.2. The van der Waals surface area contributed by atoms with Gasteiger partial charge in [0.15, 0.2) is 0 Å². The van der Waals surface area contributed by atoms with Crippen LogP contribution in [0, 0.1) is 6.92 Å². The Kier molecular flexibility index (Phi) is 7.69. The van der Waals surface area contributed by atoms with E-state index >= 15 is 0 Å². The number of benzene rings is 2. The molecule has 0 aromatic heterocycles. The molecule has 0 saturated carbocycles. The molecule has 2 aromatic rings. The Labute approximate surface area is 159 Å². The molecule has 0 radical (unpaired) electrons. The second kappa shape index (κ2) is 9.99. The summed E-state index contributed by atoms with van der Waals surface area (Å²) in [5.41, 5.74) is 2.55. The number of nitrogens with zero attached hydrogens (tertiary/aromatic N) is 1. The number of nitrogens with one attached hydrogen (secondary N) is 2. The standard InChI is InChI=1S/C20H25N3O2S/c1-15-8-10-16(11-9-15)22-19(24)14-26-18-7-5-4-6-17(18)20(25)23(3)13-12-21-2/h4-11,21H,12-14H2,1-3H3,(H,22,24). The van der Waals surface area contributed by atoms with Crippen LogP contribution in [0.1, 0.15) is 15.9 Å².